The van der Waals surface area contributed by atoms with Gasteiger partial charge >= 0.3 is 5.97 Å². The fourth-order valence-electron chi connectivity index (χ4n) is 2.67. The molecule has 0 saturated heterocycles. The molecule has 0 aliphatic heterocycles. The molecule has 146 valence electrons. The number of methoxy groups -OCH3 is 1. The number of rotatable bonds is 6. The summed E-state index contributed by atoms with van der Waals surface area (Å²) in [6.07, 6.45) is 0. The molecule has 0 spiro atoms. The zero-order valence-corrected chi connectivity index (χ0v) is 16.8. The number of amides is 1. The highest BCUT2D eigenvalue weighted by Gasteiger charge is 2.32. The second-order valence-electron chi connectivity index (χ2n) is 5.92. The highest BCUT2D eigenvalue weighted by Crippen LogP contribution is 2.36. The van der Waals surface area contributed by atoms with Crippen LogP contribution in [-0.4, -0.2) is 45.3 Å². The molecule has 2 aromatic carbocycles. The van der Waals surface area contributed by atoms with Crippen molar-refractivity contribution in [2.75, 3.05) is 26.0 Å². The fourth-order valence-corrected chi connectivity index (χ4v) is 5.56. The molecule has 7 nitrogen and oxygen atoms in total. The van der Waals surface area contributed by atoms with Gasteiger partial charge in [-0.3, -0.25) is 4.79 Å². The van der Waals surface area contributed by atoms with E-state index >= 15 is 0 Å². The first-order valence-electron chi connectivity index (χ1n) is 8.25. The SMILES string of the molecule is COC(=O)c1sc2ccccc2c1S(=O)(=O)N(C)CC(=O)Nc1ccccc1. The minimum Gasteiger partial charge on any atom is -0.465 e. The van der Waals surface area contributed by atoms with E-state index < -0.39 is 28.4 Å². The molecule has 28 heavy (non-hydrogen) atoms. The Morgan fingerprint density at radius 2 is 1.71 bits per heavy atom. The van der Waals surface area contributed by atoms with E-state index in [9.17, 15) is 18.0 Å². The summed E-state index contributed by atoms with van der Waals surface area (Å²) in [5.74, 6) is -1.22. The van der Waals surface area contributed by atoms with Crippen molar-refractivity contribution >= 4 is 49.0 Å². The molecule has 0 radical (unpaired) electrons. The van der Waals surface area contributed by atoms with E-state index in [1.807, 2.05) is 6.07 Å². The second-order valence-corrected chi connectivity index (χ2v) is 8.96. The van der Waals surface area contributed by atoms with E-state index in [4.69, 9.17) is 4.74 Å². The molecule has 1 amide bonds. The monoisotopic (exact) mass is 418 g/mol. The molecule has 1 N–H and O–H groups in total. The number of fused-ring (bicyclic) bond motifs is 1. The average molecular weight is 418 g/mol. The topological polar surface area (TPSA) is 92.8 Å². The Bertz CT molecular complexity index is 1120. The van der Waals surface area contributed by atoms with Gasteiger partial charge < -0.3 is 10.1 Å². The van der Waals surface area contributed by atoms with E-state index in [1.165, 1.54) is 14.2 Å². The molecular weight excluding hydrogens is 400 g/mol. The van der Waals surface area contributed by atoms with Gasteiger partial charge in [0.15, 0.2) is 0 Å². The molecule has 0 aliphatic carbocycles. The van der Waals surface area contributed by atoms with Crippen molar-refractivity contribution < 1.29 is 22.7 Å². The van der Waals surface area contributed by atoms with Crippen molar-refractivity contribution in [2.24, 2.45) is 0 Å². The Balaban J connectivity index is 1.93. The van der Waals surface area contributed by atoms with Gasteiger partial charge in [0, 0.05) is 22.8 Å². The lowest BCUT2D eigenvalue weighted by Crippen LogP contribution is -2.35. The lowest BCUT2D eigenvalue weighted by molar-refractivity contribution is -0.116. The van der Waals surface area contributed by atoms with Crippen LogP contribution in [0.15, 0.2) is 59.5 Å². The Morgan fingerprint density at radius 3 is 2.39 bits per heavy atom. The summed E-state index contributed by atoms with van der Waals surface area (Å²) in [7, 11) is -1.62. The molecule has 0 unspecified atom stereocenters. The molecule has 3 rings (SSSR count). The van der Waals surface area contributed by atoms with Crippen molar-refractivity contribution in [3.8, 4) is 0 Å². The Hall–Kier alpha value is -2.75. The maximum atomic E-state index is 13.2. The van der Waals surface area contributed by atoms with Crippen LogP contribution in [0.2, 0.25) is 0 Å². The maximum Gasteiger partial charge on any atom is 0.349 e. The highest BCUT2D eigenvalue weighted by atomic mass is 32.2. The molecule has 1 heterocycles. The largest absolute Gasteiger partial charge is 0.465 e. The number of carbonyl (C=O) groups excluding carboxylic acids is 2. The minimum absolute atomic E-state index is 0.0148. The Labute approximate surface area is 166 Å². The van der Waals surface area contributed by atoms with E-state index in [1.54, 1.807) is 48.5 Å². The van der Waals surface area contributed by atoms with E-state index in [2.05, 4.69) is 5.32 Å². The predicted octanol–water partition coefficient (Wildman–Crippen LogP) is 2.95. The number of benzene rings is 2. The van der Waals surface area contributed by atoms with Crippen molar-refractivity contribution in [2.45, 2.75) is 4.90 Å². The van der Waals surface area contributed by atoms with Gasteiger partial charge in [0.25, 0.3) is 0 Å². The number of nitrogens with zero attached hydrogens (tertiary/aromatic N) is 1. The van der Waals surface area contributed by atoms with Gasteiger partial charge in [-0.15, -0.1) is 11.3 Å². The van der Waals surface area contributed by atoms with E-state index in [0.29, 0.717) is 15.8 Å². The first-order valence-corrected chi connectivity index (χ1v) is 10.5. The molecule has 0 bridgehead atoms. The van der Waals surface area contributed by atoms with Crippen LogP contribution in [0.25, 0.3) is 10.1 Å². The lowest BCUT2D eigenvalue weighted by atomic mass is 10.2. The smallest absolute Gasteiger partial charge is 0.349 e. The van der Waals surface area contributed by atoms with Crippen molar-refractivity contribution in [3.05, 3.63) is 59.5 Å². The standard InChI is InChI=1S/C19H18N2O5S2/c1-21(12-16(22)20-13-8-4-3-5-9-13)28(24,25)18-14-10-6-7-11-15(14)27-17(18)19(23)26-2/h3-11H,12H2,1-2H3,(H,20,22). The van der Waals surface area contributed by atoms with Gasteiger partial charge in [0.05, 0.1) is 13.7 Å². The van der Waals surface area contributed by atoms with Gasteiger partial charge in [-0.05, 0) is 18.2 Å². The number of nitrogens with one attached hydrogen (secondary N) is 1. The van der Waals surface area contributed by atoms with Crippen LogP contribution in [0.4, 0.5) is 5.69 Å². The molecule has 0 fully saturated rings. The van der Waals surface area contributed by atoms with Gasteiger partial charge in [0.2, 0.25) is 15.9 Å². The zero-order valence-electron chi connectivity index (χ0n) is 15.2. The third-order valence-corrected chi connectivity index (χ3v) is 7.18. The number of para-hydroxylation sites is 1. The molecule has 0 aliphatic rings. The summed E-state index contributed by atoms with van der Waals surface area (Å²) in [6, 6.07) is 15.5. The zero-order chi connectivity index (χ0) is 20.3. The number of ether oxygens (including phenoxy) is 1. The molecule has 9 heteroatoms. The third-order valence-electron chi connectivity index (χ3n) is 4.01. The number of hydrogen-bond donors (Lipinski definition) is 1. The summed E-state index contributed by atoms with van der Waals surface area (Å²) in [5.41, 5.74) is 0.564. The Morgan fingerprint density at radius 1 is 1.07 bits per heavy atom. The summed E-state index contributed by atoms with van der Waals surface area (Å²) in [4.78, 5) is 24.3. The first kappa shape index (κ1) is 20.0. The number of hydrogen-bond acceptors (Lipinski definition) is 6. The second kappa shape index (κ2) is 8.09. The molecule has 3 aromatic rings. The summed E-state index contributed by atoms with van der Waals surface area (Å²) in [6.45, 7) is -0.401. The van der Waals surface area contributed by atoms with Gasteiger partial charge in [0.1, 0.15) is 9.77 Å². The average Bonchev–Trinajstić information content (AvgIpc) is 3.08. The van der Waals surface area contributed by atoms with Crippen LogP contribution in [0.5, 0.6) is 0 Å². The van der Waals surface area contributed by atoms with Gasteiger partial charge in [-0.2, -0.15) is 4.31 Å². The van der Waals surface area contributed by atoms with E-state index in [0.717, 1.165) is 15.6 Å². The number of sulfonamides is 1. The highest BCUT2D eigenvalue weighted by molar-refractivity contribution is 7.89. The Kier molecular flexibility index (Phi) is 5.78. The summed E-state index contributed by atoms with van der Waals surface area (Å²) < 4.78 is 32.7. The normalized spacial score (nSPS) is 11.5. The quantitative estimate of drug-likeness (QED) is 0.622. The van der Waals surface area contributed by atoms with Crippen LogP contribution in [0.1, 0.15) is 9.67 Å². The van der Waals surface area contributed by atoms with Crippen molar-refractivity contribution in [3.63, 3.8) is 0 Å². The number of likely N-dealkylation sites (N-methyl/N-ethyl adjacent to an activating group) is 1. The molecule has 1 aromatic heterocycles. The van der Waals surface area contributed by atoms with Gasteiger partial charge in [-0.25, -0.2) is 13.2 Å². The first-order chi connectivity index (χ1) is 13.3. The maximum absolute atomic E-state index is 13.2. The number of thiophene rings is 1. The number of anilines is 1. The van der Waals surface area contributed by atoms with E-state index in [-0.39, 0.29) is 9.77 Å². The van der Waals surface area contributed by atoms with Crippen molar-refractivity contribution in [1.29, 1.82) is 0 Å². The van der Waals surface area contributed by atoms with Crippen molar-refractivity contribution in [1.82, 2.24) is 4.31 Å². The van der Waals surface area contributed by atoms with Crippen LogP contribution in [0.3, 0.4) is 0 Å². The molecular formula is C19H18N2O5S2. The minimum atomic E-state index is -4.11. The molecule has 0 atom stereocenters. The number of esters is 1. The molecule has 0 saturated carbocycles. The summed E-state index contributed by atoms with van der Waals surface area (Å²) in [5, 5.41) is 3.06. The third kappa shape index (κ3) is 3.91. The lowest BCUT2D eigenvalue weighted by Gasteiger charge is -2.17. The summed E-state index contributed by atoms with van der Waals surface area (Å²) >= 11 is 1.04. The predicted molar refractivity (Wildman–Crippen MR) is 108 cm³/mol. The van der Waals surface area contributed by atoms with Crippen LogP contribution in [0, 0.1) is 0 Å². The fraction of sp³-hybridized carbons (Fsp3) is 0.158. The van der Waals surface area contributed by atoms with Gasteiger partial charge in [-0.1, -0.05) is 36.4 Å². The van der Waals surface area contributed by atoms with Crippen LogP contribution in [-0.2, 0) is 19.6 Å². The van der Waals surface area contributed by atoms with Crippen LogP contribution < -0.4 is 5.32 Å². The van der Waals surface area contributed by atoms with Crippen LogP contribution >= 0.6 is 11.3 Å². The number of carbonyl (C=O) groups is 2.